The Labute approximate surface area is 140 Å². The Kier molecular flexibility index (Phi) is 3.91. The highest BCUT2D eigenvalue weighted by molar-refractivity contribution is 5.98. The topological polar surface area (TPSA) is 58.2 Å². The van der Waals surface area contributed by atoms with Crippen LogP contribution >= 0.6 is 0 Å². The van der Waals surface area contributed by atoms with Crippen molar-refractivity contribution in [1.29, 1.82) is 0 Å². The standard InChI is InChI=1S/C19H19N3O2/c23-19(18-12-14-4-1-2-6-17(14)21-18)22-11-3-5-16(13-22)24-15-7-9-20-10-8-15/h1-2,4,6-10,12,16,21H,3,5,11,13H2/t16-/m0/s1. The average molecular weight is 321 g/mol. The first-order valence-corrected chi connectivity index (χ1v) is 8.23. The molecule has 5 nitrogen and oxygen atoms in total. The predicted molar refractivity (Wildman–Crippen MR) is 92.1 cm³/mol. The number of rotatable bonds is 3. The maximum absolute atomic E-state index is 12.8. The number of amides is 1. The van der Waals surface area contributed by atoms with E-state index in [4.69, 9.17) is 4.74 Å². The molecule has 0 radical (unpaired) electrons. The number of carbonyl (C=O) groups is 1. The second kappa shape index (κ2) is 6.35. The van der Waals surface area contributed by atoms with Crippen LogP contribution < -0.4 is 4.74 Å². The van der Waals surface area contributed by atoms with E-state index >= 15 is 0 Å². The van der Waals surface area contributed by atoms with Crippen molar-refractivity contribution < 1.29 is 9.53 Å². The molecule has 1 atom stereocenters. The van der Waals surface area contributed by atoms with Crippen LogP contribution in [0, 0.1) is 0 Å². The quantitative estimate of drug-likeness (QED) is 0.805. The van der Waals surface area contributed by atoms with Crippen molar-refractivity contribution >= 4 is 16.8 Å². The Morgan fingerprint density at radius 2 is 2.04 bits per heavy atom. The molecule has 5 heteroatoms. The van der Waals surface area contributed by atoms with E-state index in [1.807, 2.05) is 47.4 Å². The lowest BCUT2D eigenvalue weighted by molar-refractivity contribution is 0.0533. The molecule has 4 rings (SSSR count). The molecule has 2 aromatic heterocycles. The van der Waals surface area contributed by atoms with Crippen molar-refractivity contribution in [1.82, 2.24) is 14.9 Å². The Morgan fingerprint density at radius 1 is 1.21 bits per heavy atom. The van der Waals surface area contributed by atoms with Crippen LogP contribution in [0.25, 0.3) is 10.9 Å². The lowest BCUT2D eigenvalue weighted by atomic mass is 10.1. The number of H-pyrrole nitrogens is 1. The molecule has 1 aliphatic heterocycles. The van der Waals surface area contributed by atoms with Crippen LogP contribution in [0.15, 0.2) is 54.9 Å². The number of carbonyl (C=O) groups excluding carboxylic acids is 1. The second-order valence-corrected chi connectivity index (χ2v) is 6.09. The molecule has 0 bridgehead atoms. The molecule has 24 heavy (non-hydrogen) atoms. The van der Waals surface area contributed by atoms with Gasteiger partial charge in [-0.05, 0) is 37.1 Å². The highest BCUT2D eigenvalue weighted by Gasteiger charge is 2.26. The van der Waals surface area contributed by atoms with Crippen LogP contribution in [0.5, 0.6) is 5.75 Å². The molecule has 0 unspecified atom stereocenters. The fraction of sp³-hybridized carbons (Fsp3) is 0.263. The van der Waals surface area contributed by atoms with Gasteiger partial charge >= 0.3 is 0 Å². The van der Waals surface area contributed by atoms with E-state index in [0.29, 0.717) is 12.2 Å². The molecule has 1 aromatic carbocycles. The molecule has 3 heterocycles. The highest BCUT2D eigenvalue weighted by atomic mass is 16.5. The Morgan fingerprint density at radius 3 is 2.88 bits per heavy atom. The Hall–Kier alpha value is -2.82. The third kappa shape index (κ3) is 2.97. The first kappa shape index (κ1) is 14.8. The lowest BCUT2D eigenvalue weighted by Crippen LogP contribution is -2.44. The fourth-order valence-corrected chi connectivity index (χ4v) is 3.19. The van der Waals surface area contributed by atoms with Crippen LogP contribution in [-0.2, 0) is 0 Å². The van der Waals surface area contributed by atoms with Gasteiger partial charge in [0.05, 0.1) is 6.54 Å². The van der Waals surface area contributed by atoms with Crippen LogP contribution in [0.4, 0.5) is 0 Å². The Balaban J connectivity index is 1.48. The molecule has 0 aliphatic carbocycles. The summed E-state index contributed by atoms with van der Waals surface area (Å²) in [5.41, 5.74) is 1.63. The predicted octanol–water partition coefficient (Wildman–Crippen LogP) is 3.25. The maximum Gasteiger partial charge on any atom is 0.270 e. The van der Waals surface area contributed by atoms with Crippen LogP contribution in [0.2, 0.25) is 0 Å². The molecule has 122 valence electrons. The van der Waals surface area contributed by atoms with Gasteiger partial charge in [0.15, 0.2) is 0 Å². The van der Waals surface area contributed by atoms with E-state index in [1.54, 1.807) is 12.4 Å². The fourth-order valence-electron chi connectivity index (χ4n) is 3.19. The molecule has 1 saturated heterocycles. The number of nitrogens with one attached hydrogen (secondary N) is 1. The van der Waals surface area contributed by atoms with Crippen molar-refractivity contribution in [3.63, 3.8) is 0 Å². The summed E-state index contributed by atoms with van der Waals surface area (Å²) < 4.78 is 5.99. The number of fused-ring (bicyclic) bond motifs is 1. The largest absolute Gasteiger partial charge is 0.488 e. The van der Waals surface area contributed by atoms with E-state index in [1.165, 1.54) is 0 Å². The minimum atomic E-state index is 0.0227. The van der Waals surface area contributed by atoms with Gasteiger partial charge in [-0.3, -0.25) is 9.78 Å². The molecular weight excluding hydrogens is 302 g/mol. The number of aromatic amines is 1. The van der Waals surface area contributed by atoms with Crippen molar-refractivity contribution in [2.24, 2.45) is 0 Å². The van der Waals surface area contributed by atoms with Gasteiger partial charge < -0.3 is 14.6 Å². The van der Waals surface area contributed by atoms with Gasteiger partial charge in [-0.15, -0.1) is 0 Å². The number of benzene rings is 1. The number of pyridine rings is 1. The summed E-state index contributed by atoms with van der Waals surface area (Å²) in [6.07, 6.45) is 5.35. The van der Waals surface area contributed by atoms with Crippen molar-refractivity contribution in [2.75, 3.05) is 13.1 Å². The normalized spacial score (nSPS) is 17.8. The number of para-hydroxylation sites is 1. The molecule has 1 fully saturated rings. The first-order chi connectivity index (χ1) is 11.8. The first-order valence-electron chi connectivity index (χ1n) is 8.23. The molecule has 0 saturated carbocycles. The van der Waals surface area contributed by atoms with E-state index in [-0.39, 0.29) is 12.0 Å². The van der Waals surface area contributed by atoms with Gasteiger partial charge in [-0.1, -0.05) is 18.2 Å². The van der Waals surface area contributed by atoms with Crippen LogP contribution in [0.3, 0.4) is 0 Å². The average Bonchev–Trinajstić information content (AvgIpc) is 3.06. The zero-order valence-corrected chi connectivity index (χ0v) is 13.3. The molecule has 1 N–H and O–H groups in total. The molecule has 3 aromatic rings. The van der Waals surface area contributed by atoms with Gasteiger partial charge in [-0.25, -0.2) is 0 Å². The third-order valence-corrected chi connectivity index (χ3v) is 4.38. The summed E-state index contributed by atoms with van der Waals surface area (Å²) in [6.45, 7) is 1.38. The van der Waals surface area contributed by atoms with Crippen LogP contribution in [0.1, 0.15) is 23.3 Å². The molecular formula is C19H19N3O2. The number of hydrogen-bond donors (Lipinski definition) is 1. The third-order valence-electron chi connectivity index (χ3n) is 4.38. The summed E-state index contributed by atoms with van der Waals surface area (Å²) in [7, 11) is 0. The molecule has 1 aliphatic rings. The number of aromatic nitrogens is 2. The van der Waals surface area contributed by atoms with Gasteiger partial charge in [-0.2, -0.15) is 0 Å². The second-order valence-electron chi connectivity index (χ2n) is 6.09. The van der Waals surface area contributed by atoms with Gasteiger partial charge in [0.25, 0.3) is 5.91 Å². The highest BCUT2D eigenvalue weighted by Crippen LogP contribution is 2.21. The summed E-state index contributed by atoms with van der Waals surface area (Å²) in [4.78, 5) is 21.9. The molecule has 1 amide bonds. The number of nitrogens with zero attached hydrogens (tertiary/aromatic N) is 2. The number of hydrogen-bond acceptors (Lipinski definition) is 3. The summed E-state index contributed by atoms with van der Waals surface area (Å²) in [6, 6.07) is 13.5. The zero-order valence-electron chi connectivity index (χ0n) is 13.3. The van der Waals surface area contributed by atoms with Gasteiger partial charge in [0.2, 0.25) is 0 Å². The summed E-state index contributed by atoms with van der Waals surface area (Å²) in [5.74, 6) is 0.837. The number of likely N-dealkylation sites (tertiary alicyclic amines) is 1. The van der Waals surface area contributed by atoms with E-state index < -0.39 is 0 Å². The number of piperidine rings is 1. The minimum Gasteiger partial charge on any atom is -0.488 e. The zero-order chi connectivity index (χ0) is 16.4. The molecule has 0 spiro atoms. The summed E-state index contributed by atoms with van der Waals surface area (Å²) >= 11 is 0. The van der Waals surface area contributed by atoms with Gasteiger partial charge in [0.1, 0.15) is 17.5 Å². The van der Waals surface area contributed by atoms with E-state index in [9.17, 15) is 4.79 Å². The van der Waals surface area contributed by atoms with Crippen molar-refractivity contribution in [3.05, 3.63) is 60.6 Å². The summed E-state index contributed by atoms with van der Waals surface area (Å²) in [5, 5.41) is 1.06. The van der Waals surface area contributed by atoms with Crippen molar-refractivity contribution in [2.45, 2.75) is 18.9 Å². The maximum atomic E-state index is 12.8. The van der Waals surface area contributed by atoms with Gasteiger partial charge in [0, 0.05) is 29.8 Å². The monoisotopic (exact) mass is 321 g/mol. The van der Waals surface area contributed by atoms with Crippen molar-refractivity contribution in [3.8, 4) is 5.75 Å². The van der Waals surface area contributed by atoms with Crippen LogP contribution in [-0.4, -0.2) is 40.0 Å². The van der Waals surface area contributed by atoms with E-state index in [2.05, 4.69) is 9.97 Å². The smallest absolute Gasteiger partial charge is 0.270 e. The SMILES string of the molecule is O=C(c1cc2ccccc2[nH]1)N1CCC[C@H](Oc2ccncc2)C1. The lowest BCUT2D eigenvalue weighted by Gasteiger charge is -2.32. The number of ether oxygens (including phenoxy) is 1. The minimum absolute atomic E-state index is 0.0227. The Bertz CT molecular complexity index is 811. The van der Waals surface area contributed by atoms with E-state index in [0.717, 1.165) is 36.0 Å².